The van der Waals surface area contributed by atoms with Gasteiger partial charge in [0.25, 0.3) is 5.69 Å². The molecule has 2 aromatic rings. The van der Waals surface area contributed by atoms with Crippen molar-refractivity contribution in [2.24, 2.45) is 5.92 Å². The zero-order valence-corrected chi connectivity index (χ0v) is 13.5. The molecule has 134 valence electrons. The number of alkyl halides is 3. The fourth-order valence-electron chi connectivity index (χ4n) is 4.00. The third-order valence-electron chi connectivity index (χ3n) is 5.16. The number of fused-ring (bicyclic) bond motifs is 3. The number of benzene rings is 2. The maximum atomic E-state index is 13.1. The van der Waals surface area contributed by atoms with Gasteiger partial charge in [0.05, 0.1) is 22.1 Å². The molecular formula is C19H15F3N2O2. The van der Waals surface area contributed by atoms with E-state index in [0.717, 1.165) is 6.07 Å². The summed E-state index contributed by atoms with van der Waals surface area (Å²) in [5.74, 6) is -0.259. The zero-order chi connectivity index (χ0) is 18.5. The Morgan fingerprint density at radius 1 is 1.12 bits per heavy atom. The quantitative estimate of drug-likeness (QED) is 0.441. The van der Waals surface area contributed by atoms with Crippen LogP contribution in [-0.2, 0) is 6.18 Å². The second kappa shape index (κ2) is 5.86. The van der Waals surface area contributed by atoms with E-state index in [2.05, 4.69) is 5.32 Å². The molecular weight excluding hydrogens is 345 g/mol. The van der Waals surface area contributed by atoms with Gasteiger partial charge in [-0.1, -0.05) is 30.4 Å². The lowest BCUT2D eigenvalue weighted by molar-refractivity contribution is -0.385. The van der Waals surface area contributed by atoms with E-state index in [9.17, 15) is 23.3 Å². The first-order valence-corrected chi connectivity index (χ1v) is 8.24. The van der Waals surface area contributed by atoms with Gasteiger partial charge in [-0.2, -0.15) is 13.2 Å². The molecule has 3 unspecified atom stereocenters. The van der Waals surface area contributed by atoms with Crippen molar-refractivity contribution >= 4 is 11.4 Å². The van der Waals surface area contributed by atoms with Gasteiger partial charge in [0.15, 0.2) is 0 Å². The van der Waals surface area contributed by atoms with E-state index in [1.54, 1.807) is 18.2 Å². The molecule has 4 rings (SSSR count). The average molecular weight is 360 g/mol. The summed E-state index contributed by atoms with van der Waals surface area (Å²) in [7, 11) is 0. The van der Waals surface area contributed by atoms with Gasteiger partial charge in [-0.25, -0.2) is 0 Å². The molecule has 2 aliphatic rings. The van der Waals surface area contributed by atoms with Crippen molar-refractivity contribution in [3.05, 3.63) is 81.4 Å². The van der Waals surface area contributed by atoms with Crippen LogP contribution in [-0.4, -0.2) is 4.92 Å². The number of anilines is 1. The van der Waals surface area contributed by atoms with Crippen LogP contribution in [0, 0.1) is 16.0 Å². The monoisotopic (exact) mass is 360 g/mol. The Bertz CT molecular complexity index is 908. The molecule has 0 bridgehead atoms. The van der Waals surface area contributed by atoms with E-state index in [-0.39, 0.29) is 23.6 Å². The minimum atomic E-state index is -4.40. The van der Waals surface area contributed by atoms with Crippen LogP contribution in [0.3, 0.4) is 0 Å². The van der Waals surface area contributed by atoms with Gasteiger partial charge in [0.1, 0.15) is 0 Å². The van der Waals surface area contributed by atoms with Crippen molar-refractivity contribution in [1.29, 1.82) is 0 Å². The van der Waals surface area contributed by atoms with Crippen molar-refractivity contribution in [2.75, 3.05) is 5.32 Å². The Labute approximate surface area is 147 Å². The lowest BCUT2D eigenvalue weighted by atomic mass is 9.76. The highest BCUT2D eigenvalue weighted by Crippen LogP contribution is 2.51. The molecule has 4 nitrogen and oxygen atoms in total. The molecule has 26 heavy (non-hydrogen) atoms. The number of nitro benzene ring substituents is 1. The molecule has 0 spiro atoms. The topological polar surface area (TPSA) is 55.2 Å². The third-order valence-corrected chi connectivity index (χ3v) is 5.16. The van der Waals surface area contributed by atoms with Gasteiger partial charge in [0, 0.05) is 17.7 Å². The first-order valence-electron chi connectivity index (χ1n) is 8.24. The van der Waals surface area contributed by atoms with Crippen LogP contribution in [0.5, 0.6) is 0 Å². The Kier molecular flexibility index (Phi) is 3.75. The van der Waals surface area contributed by atoms with Gasteiger partial charge < -0.3 is 5.32 Å². The smallest absolute Gasteiger partial charge is 0.377 e. The van der Waals surface area contributed by atoms with Crippen LogP contribution in [0.25, 0.3) is 0 Å². The minimum absolute atomic E-state index is 0.0195. The first kappa shape index (κ1) is 16.6. The van der Waals surface area contributed by atoms with Gasteiger partial charge in [-0.3, -0.25) is 10.1 Å². The van der Waals surface area contributed by atoms with E-state index in [1.165, 1.54) is 18.2 Å². The van der Waals surface area contributed by atoms with Crippen molar-refractivity contribution < 1.29 is 18.1 Å². The van der Waals surface area contributed by atoms with Crippen molar-refractivity contribution in [1.82, 2.24) is 0 Å². The summed E-state index contributed by atoms with van der Waals surface area (Å²) in [5.41, 5.74) is 1.08. The summed E-state index contributed by atoms with van der Waals surface area (Å²) in [5, 5.41) is 14.6. The van der Waals surface area contributed by atoms with E-state index in [4.69, 9.17) is 0 Å². The number of nitro groups is 1. The number of rotatable bonds is 2. The Balaban J connectivity index is 1.80. The van der Waals surface area contributed by atoms with E-state index in [0.29, 0.717) is 23.2 Å². The molecule has 7 heteroatoms. The van der Waals surface area contributed by atoms with Crippen molar-refractivity contribution in [3.63, 3.8) is 0 Å². The van der Waals surface area contributed by atoms with Crippen LogP contribution in [0.1, 0.15) is 35.1 Å². The van der Waals surface area contributed by atoms with Crippen molar-refractivity contribution in [2.45, 2.75) is 24.6 Å². The Hall–Kier alpha value is -2.83. The molecule has 0 radical (unpaired) electrons. The summed E-state index contributed by atoms with van der Waals surface area (Å²) >= 11 is 0. The van der Waals surface area contributed by atoms with Crippen molar-refractivity contribution in [3.8, 4) is 0 Å². The molecule has 2 aromatic carbocycles. The number of allylic oxidation sites excluding steroid dienone is 2. The highest BCUT2D eigenvalue weighted by Gasteiger charge is 2.41. The second-order valence-electron chi connectivity index (χ2n) is 6.59. The normalized spacial score (nSPS) is 23.9. The predicted molar refractivity (Wildman–Crippen MR) is 90.9 cm³/mol. The number of nitrogens with zero attached hydrogens (tertiary/aromatic N) is 1. The van der Waals surface area contributed by atoms with E-state index >= 15 is 0 Å². The number of halogens is 3. The van der Waals surface area contributed by atoms with Gasteiger partial charge >= 0.3 is 6.18 Å². The summed E-state index contributed by atoms with van der Waals surface area (Å²) in [4.78, 5) is 11.0. The predicted octanol–water partition coefficient (Wildman–Crippen LogP) is 5.44. The molecule has 1 aliphatic carbocycles. The van der Waals surface area contributed by atoms with Gasteiger partial charge in [0.2, 0.25) is 0 Å². The maximum Gasteiger partial charge on any atom is 0.416 e. The molecule has 0 amide bonds. The van der Waals surface area contributed by atoms with E-state index in [1.807, 2.05) is 12.2 Å². The fraction of sp³-hybridized carbons (Fsp3) is 0.263. The molecule has 0 aromatic heterocycles. The lowest BCUT2D eigenvalue weighted by Gasteiger charge is -2.37. The summed E-state index contributed by atoms with van der Waals surface area (Å²) in [6.07, 6.45) is 0.104. The molecule has 1 heterocycles. The Morgan fingerprint density at radius 2 is 1.88 bits per heavy atom. The number of hydrogen-bond donors (Lipinski definition) is 1. The lowest BCUT2D eigenvalue weighted by Crippen LogP contribution is -2.29. The van der Waals surface area contributed by atoms with E-state index < -0.39 is 16.7 Å². The molecule has 0 saturated heterocycles. The maximum absolute atomic E-state index is 13.1. The van der Waals surface area contributed by atoms with Crippen LogP contribution < -0.4 is 5.32 Å². The third kappa shape index (κ3) is 2.64. The fourth-order valence-corrected chi connectivity index (χ4v) is 4.00. The largest absolute Gasteiger partial charge is 0.416 e. The molecule has 0 fully saturated rings. The molecule has 1 aliphatic heterocycles. The first-order chi connectivity index (χ1) is 12.4. The summed E-state index contributed by atoms with van der Waals surface area (Å²) in [6, 6.07) is 9.83. The number of para-hydroxylation sites is 1. The second-order valence-corrected chi connectivity index (χ2v) is 6.59. The van der Waals surface area contributed by atoms with Crippen LogP contribution in [0.2, 0.25) is 0 Å². The van der Waals surface area contributed by atoms with Crippen LogP contribution in [0.4, 0.5) is 24.5 Å². The molecule has 1 N–H and O–H groups in total. The van der Waals surface area contributed by atoms with Gasteiger partial charge in [-0.15, -0.1) is 0 Å². The summed E-state index contributed by atoms with van der Waals surface area (Å²) < 4.78 is 39.2. The highest BCUT2D eigenvalue weighted by atomic mass is 19.4. The highest BCUT2D eigenvalue weighted by molar-refractivity contribution is 5.62. The number of hydrogen-bond acceptors (Lipinski definition) is 3. The van der Waals surface area contributed by atoms with Gasteiger partial charge in [-0.05, 0) is 36.1 Å². The zero-order valence-electron chi connectivity index (χ0n) is 13.5. The standard InChI is InChI=1S/C19H15F3N2O2/c20-19(21,22)11-8-9-16-15(10-11)12-5-3-6-13(12)18(23-16)14-4-1-2-7-17(14)24(25)26/h1-5,7-10,12-13,18,23H,6H2. The number of nitrogens with one attached hydrogen (secondary N) is 1. The van der Waals surface area contributed by atoms with Crippen LogP contribution in [0.15, 0.2) is 54.6 Å². The SMILES string of the molecule is O=[N+]([O-])c1ccccc1C1Nc2ccc(C(F)(F)F)cc2C2C=CCC21. The summed E-state index contributed by atoms with van der Waals surface area (Å²) in [6.45, 7) is 0. The average Bonchev–Trinajstić information content (AvgIpc) is 3.09. The van der Waals surface area contributed by atoms with Crippen LogP contribution >= 0.6 is 0 Å². The molecule has 3 atom stereocenters. The minimum Gasteiger partial charge on any atom is -0.377 e. The Morgan fingerprint density at radius 3 is 2.62 bits per heavy atom. The molecule has 0 saturated carbocycles.